The molecule has 0 N–H and O–H groups in total. The van der Waals surface area contributed by atoms with E-state index in [1.807, 2.05) is 0 Å². The van der Waals surface area contributed by atoms with Gasteiger partial charge in [0.1, 0.15) is 12.1 Å². The Hall–Kier alpha value is -2.65. The molecule has 1 aromatic carbocycles. The van der Waals surface area contributed by atoms with Crippen LogP contribution in [0.1, 0.15) is 24.6 Å². The Bertz CT molecular complexity index is 1010. The molecule has 0 radical (unpaired) electrons. The van der Waals surface area contributed by atoms with Gasteiger partial charge in [0.15, 0.2) is 5.82 Å². The molecule has 3 aromatic rings. The Morgan fingerprint density at radius 2 is 1.92 bits per heavy atom. The molecule has 0 saturated carbocycles. The summed E-state index contributed by atoms with van der Waals surface area (Å²) in [5.74, 6) is 0.104. The molecule has 1 atom stereocenters. The molecule has 1 fully saturated rings. The normalized spacial score (nSPS) is 18.3. The summed E-state index contributed by atoms with van der Waals surface area (Å²) in [6.07, 6.45) is 9.55. The zero-order chi connectivity index (χ0) is 18.1. The number of sulfonamides is 1. The van der Waals surface area contributed by atoms with Crippen LogP contribution in [0.25, 0.3) is 5.82 Å². The summed E-state index contributed by atoms with van der Waals surface area (Å²) >= 11 is 0. The van der Waals surface area contributed by atoms with Gasteiger partial charge in [-0.15, -0.1) is 0 Å². The molecule has 1 unspecified atom stereocenters. The molecule has 1 aliphatic rings. The van der Waals surface area contributed by atoms with Gasteiger partial charge in [-0.2, -0.15) is 4.31 Å². The molecule has 26 heavy (non-hydrogen) atoms. The van der Waals surface area contributed by atoms with Crippen molar-refractivity contribution in [2.24, 2.45) is 0 Å². The van der Waals surface area contributed by atoms with Gasteiger partial charge in [0.2, 0.25) is 10.0 Å². The first-order chi connectivity index (χ1) is 12.6. The second-order valence-electron chi connectivity index (χ2n) is 6.00. The highest BCUT2D eigenvalue weighted by Gasteiger charge is 2.37. The summed E-state index contributed by atoms with van der Waals surface area (Å²) in [7, 11) is -3.74. The SMILES string of the molecule is O=S(=O)(c1ccc(F)cc1)N1CCCC1c1cncc(-n2ccnc2)n1. The lowest BCUT2D eigenvalue weighted by atomic mass is 10.2. The largest absolute Gasteiger partial charge is 0.289 e. The topological polar surface area (TPSA) is 81.0 Å². The molecular weight excluding hydrogens is 357 g/mol. The molecule has 7 nitrogen and oxygen atoms in total. The van der Waals surface area contributed by atoms with Gasteiger partial charge in [0.05, 0.1) is 29.0 Å². The average molecular weight is 373 g/mol. The van der Waals surface area contributed by atoms with E-state index in [9.17, 15) is 12.8 Å². The molecule has 0 amide bonds. The Labute approximate surface area is 150 Å². The number of rotatable bonds is 4. The number of nitrogens with zero attached hydrogens (tertiary/aromatic N) is 5. The monoisotopic (exact) mass is 373 g/mol. The zero-order valence-electron chi connectivity index (χ0n) is 13.7. The van der Waals surface area contributed by atoms with Gasteiger partial charge in [-0.25, -0.2) is 22.8 Å². The molecular formula is C17H16FN5O2S. The maximum atomic E-state index is 13.1. The van der Waals surface area contributed by atoms with Gasteiger partial charge in [-0.3, -0.25) is 9.55 Å². The lowest BCUT2D eigenvalue weighted by molar-refractivity contribution is 0.389. The van der Waals surface area contributed by atoms with Crippen LogP contribution in [-0.4, -0.2) is 38.8 Å². The van der Waals surface area contributed by atoms with E-state index in [1.54, 1.807) is 35.7 Å². The predicted octanol–water partition coefficient (Wildman–Crippen LogP) is 2.33. The summed E-state index contributed by atoms with van der Waals surface area (Å²) < 4.78 is 42.2. The molecule has 3 heterocycles. The van der Waals surface area contributed by atoms with Crippen LogP contribution in [0.5, 0.6) is 0 Å². The first-order valence-corrected chi connectivity index (χ1v) is 9.57. The molecule has 2 aromatic heterocycles. The van der Waals surface area contributed by atoms with Crippen molar-refractivity contribution in [3.05, 3.63) is 66.9 Å². The van der Waals surface area contributed by atoms with E-state index in [0.29, 0.717) is 24.5 Å². The minimum atomic E-state index is -3.74. The van der Waals surface area contributed by atoms with Crippen LogP contribution in [0.2, 0.25) is 0 Å². The maximum Gasteiger partial charge on any atom is 0.243 e. The number of benzene rings is 1. The van der Waals surface area contributed by atoms with E-state index >= 15 is 0 Å². The molecule has 134 valence electrons. The number of aromatic nitrogens is 4. The Morgan fingerprint density at radius 1 is 1.12 bits per heavy atom. The second kappa shape index (κ2) is 6.58. The van der Waals surface area contributed by atoms with Crippen LogP contribution in [-0.2, 0) is 10.0 Å². The third-order valence-corrected chi connectivity index (χ3v) is 6.30. The van der Waals surface area contributed by atoms with Crippen LogP contribution in [0.4, 0.5) is 4.39 Å². The number of hydrogen-bond donors (Lipinski definition) is 0. The Balaban J connectivity index is 1.69. The summed E-state index contributed by atoms with van der Waals surface area (Å²) in [5.41, 5.74) is 0.583. The second-order valence-corrected chi connectivity index (χ2v) is 7.89. The van der Waals surface area contributed by atoms with Crippen molar-refractivity contribution in [1.29, 1.82) is 0 Å². The number of hydrogen-bond acceptors (Lipinski definition) is 5. The van der Waals surface area contributed by atoms with E-state index in [1.165, 1.54) is 16.4 Å². The molecule has 9 heteroatoms. The first-order valence-electron chi connectivity index (χ1n) is 8.13. The van der Waals surface area contributed by atoms with Crippen molar-refractivity contribution in [3.63, 3.8) is 0 Å². The van der Waals surface area contributed by atoms with E-state index in [0.717, 1.165) is 18.6 Å². The maximum absolute atomic E-state index is 13.1. The van der Waals surface area contributed by atoms with Crippen molar-refractivity contribution in [2.45, 2.75) is 23.8 Å². The minimum Gasteiger partial charge on any atom is -0.289 e. The van der Waals surface area contributed by atoms with Crippen LogP contribution in [0, 0.1) is 5.82 Å². The highest BCUT2D eigenvalue weighted by Crippen LogP contribution is 2.35. The number of halogens is 1. The van der Waals surface area contributed by atoms with Crippen LogP contribution < -0.4 is 0 Å². The zero-order valence-corrected chi connectivity index (χ0v) is 14.6. The van der Waals surface area contributed by atoms with E-state index in [2.05, 4.69) is 15.0 Å². The van der Waals surface area contributed by atoms with Crippen molar-refractivity contribution >= 4 is 10.0 Å². The fraction of sp³-hybridized carbons (Fsp3) is 0.235. The van der Waals surface area contributed by atoms with Gasteiger partial charge in [0.25, 0.3) is 0 Å². The van der Waals surface area contributed by atoms with Crippen LogP contribution >= 0.6 is 0 Å². The fourth-order valence-corrected chi connectivity index (χ4v) is 4.78. The van der Waals surface area contributed by atoms with Crippen LogP contribution in [0.3, 0.4) is 0 Å². The summed E-state index contributed by atoms with van der Waals surface area (Å²) in [6, 6.07) is 4.47. The lowest BCUT2D eigenvalue weighted by Gasteiger charge is -2.23. The van der Waals surface area contributed by atoms with E-state index in [4.69, 9.17) is 0 Å². The minimum absolute atomic E-state index is 0.0736. The van der Waals surface area contributed by atoms with Gasteiger partial charge in [0, 0.05) is 18.9 Å². The Morgan fingerprint density at radius 3 is 2.65 bits per heavy atom. The van der Waals surface area contributed by atoms with Gasteiger partial charge in [-0.05, 0) is 37.1 Å². The van der Waals surface area contributed by atoms with Crippen LogP contribution in [0.15, 0.2) is 60.3 Å². The third kappa shape index (κ3) is 2.99. The quantitative estimate of drug-likeness (QED) is 0.701. The summed E-state index contributed by atoms with van der Waals surface area (Å²) in [4.78, 5) is 12.8. The highest BCUT2D eigenvalue weighted by molar-refractivity contribution is 7.89. The molecule has 1 aliphatic heterocycles. The lowest BCUT2D eigenvalue weighted by Crippen LogP contribution is -2.31. The highest BCUT2D eigenvalue weighted by atomic mass is 32.2. The van der Waals surface area contributed by atoms with Crippen molar-refractivity contribution in [2.75, 3.05) is 6.54 Å². The molecule has 1 saturated heterocycles. The van der Waals surface area contributed by atoms with E-state index in [-0.39, 0.29) is 4.90 Å². The van der Waals surface area contributed by atoms with Crippen molar-refractivity contribution in [1.82, 2.24) is 23.8 Å². The smallest absolute Gasteiger partial charge is 0.243 e. The first kappa shape index (κ1) is 16.8. The molecule has 0 spiro atoms. The average Bonchev–Trinajstić information content (AvgIpc) is 3.34. The van der Waals surface area contributed by atoms with Gasteiger partial charge >= 0.3 is 0 Å². The molecule has 0 bridgehead atoms. The van der Waals surface area contributed by atoms with Gasteiger partial charge in [-0.1, -0.05) is 0 Å². The molecule has 0 aliphatic carbocycles. The summed E-state index contributed by atoms with van der Waals surface area (Å²) in [5, 5.41) is 0. The van der Waals surface area contributed by atoms with E-state index < -0.39 is 21.9 Å². The van der Waals surface area contributed by atoms with Gasteiger partial charge < -0.3 is 0 Å². The van der Waals surface area contributed by atoms with Crippen molar-refractivity contribution in [3.8, 4) is 5.82 Å². The number of imidazole rings is 1. The standard InChI is InChI=1S/C17H16FN5O2S/c18-13-3-5-14(6-4-13)26(24,25)23-8-1-2-16(23)15-10-20-11-17(21-15)22-9-7-19-12-22/h3-7,9-12,16H,1-2,8H2. The summed E-state index contributed by atoms with van der Waals surface area (Å²) in [6.45, 7) is 0.390. The third-order valence-electron chi connectivity index (χ3n) is 4.37. The fourth-order valence-electron chi connectivity index (χ4n) is 3.12. The predicted molar refractivity (Wildman–Crippen MR) is 91.4 cm³/mol. The Kier molecular flexibility index (Phi) is 4.25. The molecule has 4 rings (SSSR count). The van der Waals surface area contributed by atoms with Crippen molar-refractivity contribution < 1.29 is 12.8 Å².